The average molecular weight is 287 g/mol. The van der Waals surface area contributed by atoms with Crippen LogP contribution in [-0.4, -0.2) is 16.4 Å². The summed E-state index contributed by atoms with van der Waals surface area (Å²) in [5.74, 6) is -0.300. The fourth-order valence-corrected chi connectivity index (χ4v) is 2.38. The summed E-state index contributed by atoms with van der Waals surface area (Å²) in [6, 6.07) is 4.53. The molecule has 1 rings (SSSR count). The van der Waals surface area contributed by atoms with Gasteiger partial charge in [-0.15, -0.1) is 4.72 Å². The number of methoxy groups -OCH3 is 1. The molecular weight excluding hydrogens is 265 g/mol. The van der Waals surface area contributed by atoms with Crippen LogP contribution in [-0.2, 0) is 22.7 Å². The van der Waals surface area contributed by atoms with Gasteiger partial charge in [-0.1, -0.05) is 6.07 Å². The Morgan fingerprint density at radius 1 is 1.42 bits per heavy atom. The van der Waals surface area contributed by atoms with Crippen LogP contribution in [0.25, 0.3) is 0 Å². The van der Waals surface area contributed by atoms with Gasteiger partial charge in [0.1, 0.15) is 10.6 Å². The van der Waals surface area contributed by atoms with E-state index in [4.69, 9.17) is 4.74 Å². The molecular formula is C14H22FNO2S. The Hall–Kier alpha value is -0.620. The van der Waals surface area contributed by atoms with E-state index in [0.717, 1.165) is 5.56 Å². The van der Waals surface area contributed by atoms with Crippen LogP contribution in [0.2, 0.25) is 0 Å². The molecule has 5 heteroatoms. The molecule has 0 aliphatic rings. The molecule has 0 amide bonds. The van der Waals surface area contributed by atoms with Gasteiger partial charge in [-0.2, -0.15) is 0 Å². The van der Waals surface area contributed by atoms with Crippen LogP contribution < -0.4 is 4.72 Å². The quantitative estimate of drug-likeness (QED) is 0.846. The smallest absolute Gasteiger partial charge is 0.136 e. The van der Waals surface area contributed by atoms with E-state index in [1.165, 1.54) is 6.07 Å². The second kappa shape index (κ2) is 6.70. The average Bonchev–Trinajstić information content (AvgIpc) is 2.30. The van der Waals surface area contributed by atoms with Gasteiger partial charge in [0.05, 0.1) is 12.6 Å². The summed E-state index contributed by atoms with van der Waals surface area (Å²) >= 11 is -1.23. The molecule has 0 saturated carbocycles. The number of benzene rings is 1. The highest BCUT2D eigenvalue weighted by Crippen LogP contribution is 2.22. The second-order valence-electron chi connectivity index (χ2n) is 5.51. The standard InChI is InChI=1S/C14H22FNO2S/c1-10(16-19(17)14(2,3)4)12-8-11(9-18-5)6-7-13(12)15/h6-8,10,16H,9H2,1-5H3/t10?,19-/m1/s1. The van der Waals surface area contributed by atoms with E-state index >= 15 is 0 Å². The summed E-state index contributed by atoms with van der Waals surface area (Å²) < 4.78 is 33.4. The van der Waals surface area contributed by atoms with Crippen molar-refractivity contribution in [2.75, 3.05) is 7.11 Å². The molecule has 2 atom stereocenters. The highest BCUT2D eigenvalue weighted by Gasteiger charge is 2.29. The van der Waals surface area contributed by atoms with Gasteiger partial charge >= 0.3 is 0 Å². The van der Waals surface area contributed by atoms with E-state index in [1.807, 2.05) is 20.8 Å². The van der Waals surface area contributed by atoms with Crippen molar-refractivity contribution in [3.05, 3.63) is 35.1 Å². The summed E-state index contributed by atoms with van der Waals surface area (Å²) in [6.07, 6.45) is 0. The van der Waals surface area contributed by atoms with E-state index in [1.54, 1.807) is 26.2 Å². The molecule has 1 unspecified atom stereocenters. The van der Waals surface area contributed by atoms with Crippen LogP contribution in [0.4, 0.5) is 4.39 Å². The molecule has 0 aliphatic carbocycles. The fraction of sp³-hybridized carbons (Fsp3) is 0.571. The maximum absolute atomic E-state index is 13.8. The monoisotopic (exact) mass is 287 g/mol. The van der Waals surface area contributed by atoms with Gasteiger partial charge in [0.25, 0.3) is 0 Å². The third kappa shape index (κ3) is 4.76. The number of hydrogen-bond acceptors (Lipinski definition) is 3. The molecule has 0 saturated heterocycles. The van der Waals surface area contributed by atoms with Crippen molar-refractivity contribution >= 4 is 11.4 Å². The minimum Gasteiger partial charge on any atom is -0.598 e. The van der Waals surface area contributed by atoms with Crippen molar-refractivity contribution < 1.29 is 13.7 Å². The van der Waals surface area contributed by atoms with Crippen LogP contribution in [0.15, 0.2) is 18.2 Å². The molecule has 1 aromatic rings. The van der Waals surface area contributed by atoms with E-state index in [0.29, 0.717) is 12.2 Å². The second-order valence-corrected chi connectivity index (χ2v) is 7.51. The molecule has 1 aromatic carbocycles. The Morgan fingerprint density at radius 2 is 2.05 bits per heavy atom. The van der Waals surface area contributed by atoms with Gasteiger partial charge in [0.15, 0.2) is 0 Å². The molecule has 19 heavy (non-hydrogen) atoms. The Morgan fingerprint density at radius 3 is 2.58 bits per heavy atom. The third-order valence-corrected chi connectivity index (χ3v) is 4.36. The van der Waals surface area contributed by atoms with Gasteiger partial charge in [-0.25, -0.2) is 4.39 Å². The van der Waals surface area contributed by atoms with Crippen molar-refractivity contribution in [2.24, 2.45) is 0 Å². The van der Waals surface area contributed by atoms with Crippen molar-refractivity contribution in [3.8, 4) is 0 Å². The van der Waals surface area contributed by atoms with Gasteiger partial charge in [-0.3, -0.25) is 0 Å². The molecule has 0 fully saturated rings. The molecule has 3 nitrogen and oxygen atoms in total. The first-order valence-corrected chi connectivity index (χ1v) is 7.36. The first-order chi connectivity index (χ1) is 8.75. The van der Waals surface area contributed by atoms with Crippen molar-refractivity contribution in [3.63, 3.8) is 0 Å². The van der Waals surface area contributed by atoms with Gasteiger partial charge in [0.2, 0.25) is 0 Å². The van der Waals surface area contributed by atoms with Crippen LogP contribution in [0.3, 0.4) is 0 Å². The number of halogens is 1. The van der Waals surface area contributed by atoms with E-state index in [9.17, 15) is 8.94 Å². The minimum atomic E-state index is -1.23. The van der Waals surface area contributed by atoms with Crippen molar-refractivity contribution in [1.29, 1.82) is 0 Å². The van der Waals surface area contributed by atoms with E-state index in [2.05, 4.69) is 4.72 Å². The number of ether oxygens (including phenoxy) is 1. The first kappa shape index (κ1) is 16.4. The molecule has 0 radical (unpaired) electrons. The molecule has 1 N–H and O–H groups in total. The van der Waals surface area contributed by atoms with Gasteiger partial charge < -0.3 is 9.29 Å². The maximum Gasteiger partial charge on any atom is 0.136 e. The van der Waals surface area contributed by atoms with Crippen LogP contribution in [0, 0.1) is 5.82 Å². The molecule has 0 aromatic heterocycles. The summed E-state index contributed by atoms with van der Waals surface area (Å²) in [6.45, 7) is 7.86. The fourth-order valence-electron chi connectivity index (χ4n) is 1.58. The number of rotatable bonds is 5. The SMILES string of the molecule is COCc1ccc(F)c(C(C)N[S@+]([O-])C(C)(C)C)c1. The van der Waals surface area contributed by atoms with Crippen molar-refractivity contribution in [1.82, 2.24) is 4.72 Å². The third-order valence-electron chi connectivity index (χ3n) is 2.68. The highest BCUT2D eigenvalue weighted by atomic mass is 32.2. The molecule has 0 bridgehead atoms. The predicted molar refractivity (Wildman–Crippen MR) is 76.6 cm³/mol. The Kier molecular flexibility index (Phi) is 5.80. The van der Waals surface area contributed by atoms with E-state index < -0.39 is 11.4 Å². The van der Waals surface area contributed by atoms with Gasteiger partial charge in [-0.05, 0) is 45.4 Å². The Balaban J connectivity index is 2.86. The lowest BCUT2D eigenvalue weighted by Gasteiger charge is -2.26. The lowest BCUT2D eigenvalue weighted by molar-refractivity contribution is 0.184. The molecule has 0 spiro atoms. The Labute approximate surface area is 117 Å². The maximum atomic E-state index is 13.8. The highest BCUT2D eigenvalue weighted by molar-refractivity contribution is 7.90. The summed E-state index contributed by atoms with van der Waals surface area (Å²) in [5.41, 5.74) is 1.40. The summed E-state index contributed by atoms with van der Waals surface area (Å²) in [5, 5.41) is 0. The lowest BCUT2D eigenvalue weighted by Crippen LogP contribution is -2.40. The minimum absolute atomic E-state index is 0.300. The zero-order valence-electron chi connectivity index (χ0n) is 12.1. The van der Waals surface area contributed by atoms with Crippen molar-refractivity contribution in [2.45, 2.75) is 45.1 Å². The zero-order valence-corrected chi connectivity index (χ0v) is 12.9. The van der Waals surface area contributed by atoms with Crippen LogP contribution >= 0.6 is 0 Å². The zero-order chi connectivity index (χ0) is 14.6. The first-order valence-electron chi connectivity index (χ1n) is 6.21. The van der Waals surface area contributed by atoms with Crippen LogP contribution in [0.5, 0.6) is 0 Å². The largest absolute Gasteiger partial charge is 0.598 e. The molecule has 108 valence electrons. The topological polar surface area (TPSA) is 44.3 Å². The lowest BCUT2D eigenvalue weighted by atomic mass is 10.1. The summed E-state index contributed by atoms with van der Waals surface area (Å²) in [7, 11) is 1.60. The number of nitrogens with one attached hydrogen (secondary N) is 1. The Bertz CT molecular complexity index is 420. The van der Waals surface area contributed by atoms with Gasteiger partial charge in [0, 0.05) is 24.0 Å². The van der Waals surface area contributed by atoms with Crippen LogP contribution in [0.1, 0.15) is 44.9 Å². The predicted octanol–water partition coefficient (Wildman–Crippen LogP) is 3.08. The summed E-state index contributed by atoms with van der Waals surface area (Å²) in [4.78, 5) is 0. The molecule has 0 aliphatic heterocycles. The normalized spacial score (nSPS) is 15.3. The van der Waals surface area contributed by atoms with E-state index in [-0.39, 0.29) is 16.6 Å². The number of hydrogen-bond donors (Lipinski definition) is 1. The molecule has 0 heterocycles.